The zero-order valence-corrected chi connectivity index (χ0v) is 15.9. The Morgan fingerprint density at radius 1 is 1.48 bits per heavy atom. The normalized spacial score (nSPS) is 10.9. The third-order valence-corrected chi connectivity index (χ3v) is 5.00. The van der Waals surface area contributed by atoms with E-state index in [1.54, 1.807) is 6.92 Å². The Labute approximate surface area is 154 Å². The van der Waals surface area contributed by atoms with E-state index >= 15 is 0 Å². The number of carbonyl (C=O) groups is 2. The first-order chi connectivity index (χ1) is 11.9. The van der Waals surface area contributed by atoms with E-state index in [1.165, 1.54) is 22.3 Å². The van der Waals surface area contributed by atoms with E-state index in [2.05, 4.69) is 29.4 Å². The Morgan fingerprint density at radius 2 is 2.24 bits per heavy atom. The quantitative estimate of drug-likeness (QED) is 0.408. The Balaban J connectivity index is 2.09. The van der Waals surface area contributed by atoms with E-state index in [4.69, 9.17) is 10.6 Å². The molecule has 0 aliphatic rings. The maximum atomic E-state index is 12.3. The third kappa shape index (κ3) is 5.20. The number of nitrogens with two attached hydrogens (primary N) is 1. The Morgan fingerprint density at radius 3 is 2.84 bits per heavy atom. The van der Waals surface area contributed by atoms with Crippen molar-refractivity contribution in [2.75, 3.05) is 23.5 Å². The molecule has 0 spiro atoms. The molecule has 0 saturated heterocycles. The van der Waals surface area contributed by atoms with Crippen LogP contribution >= 0.6 is 23.1 Å². The van der Waals surface area contributed by atoms with Crippen LogP contribution in [0.4, 0.5) is 5.00 Å². The molecule has 0 radical (unpaired) electrons. The number of thioether (sulfide) groups is 1. The number of ether oxygens (including phenoxy) is 1. The van der Waals surface area contributed by atoms with Gasteiger partial charge in [-0.1, -0.05) is 25.6 Å². The molecular weight excluding hydrogens is 362 g/mol. The number of anilines is 1. The number of aromatic nitrogens is 3. The fraction of sp³-hybridized carbons (Fsp3) is 0.467. The highest BCUT2D eigenvalue weighted by Crippen LogP contribution is 2.31. The van der Waals surface area contributed by atoms with Crippen LogP contribution in [0.15, 0.2) is 16.9 Å². The van der Waals surface area contributed by atoms with Crippen LogP contribution in [-0.4, -0.2) is 39.1 Å². The number of nitrogens with zero attached hydrogens (tertiary/aromatic N) is 3. The van der Waals surface area contributed by atoms with Crippen LogP contribution < -0.4 is 11.2 Å². The van der Waals surface area contributed by atoms with Crippen LogP contribution in [0.3, 0.4) is 0 Å². The van der Waals surface area contributed by atoms with Crippen LogP contribution in [0.5, 0.6) is 0 Å². The van der Waals surface area contributed by atoms with Gasteiger partial charge in [0.2, 0.25) is 11.1 Å². The first-order valence-corrected chi connectivity index (χ1v) is 9.64. The van der Waals surface area contributed by atoms with Gasteiger partial charge in [-0.2, -0.15) is 0 Å². The van der Waals surface area contributed by atoms with Crippen molar-refractivity contribution in [3.8, 4) is 0 Å². The third-order valence-electron chi connectivity index (χ3n) is 3.10. The molecule has 2 heterocycles. The van der Waals surface area contributed by atoms with Gasteiger partial charge in [-0.15, -0.1) is 21.5 Å². The molecule has 25 heavy (non-hydrogen) atoms. The van der Waals surface area contributed by atoms with Crippen molar-refractivity contribution in [3.63, 3.8) is 0 Å². The van der Waals surface area contributed by atoms with Crippen molar-refractivity contribution in [1.29, 1.82) is 0 Å². The lowest BCUT2D eigenvalue weighted by Crippen LogP contribution is -2.18. The van der Waals surface area contributed by atoms with Crippen LogP contribution in [0.25, 0.3) is 0 Å². The molecule has 1 amide bonds. The summed E-state index contributed by atoms with van der Waals surface area (Å²) in [7, 11) is 0. The summed E-state index contributed by atoms with van der Waals surface area (Å²) < 4.78 is 6.38. The highest BCUT2D eigenvalue weighted by atomic mass is 32.2. The number of rotatable bonds is 8. The largest absolute Gasteiger partial charge is 0.462 e. The summed E-state index contributed by atoms with van der Waals surface area (Å²) in [5.74, 6) is 5.43. The molecule has 10 heteroatoms. The average molecular weight is 383 g/mol. The summed E-state index contributed by atoms with van der Waals surface area (Å²) in [6.45, 7) is 6.18. The SMILES string of the molecule is CCOC(=O)c1c(CC(C)C)csc1NC(=O)CSc1nncn1N. The lowest BCUT2D eigenvalue weighted by Gasteiger charge is -2.09. The Hall–Kier alpha value is -2.07. The Bertz CT molecular complexity index is 741. The van der Waals surface area contributed by atoms with E-state index in [9.17, 15) is 9.59 Å². The van der Waals surface area contributed by atoms with Crippen molar-refractivity contribution in [2.24, 2.45) is 5.92 Å². The minimum absolute atomic E-state index is 0.107. The van der Waals surface area contributed by atoms with Gasteiger partial charge in [-0.25, -0.2) is 9.47 Å². The van der Waals surface area contributed by atoms with Crippen LogP contribution in [-0.2, 0) is 16.0 Å². The first kappa shape index (κ1) is 19.3. The van der Waals surface area contributed by atoms with Gasteiger partial charge in [0.15, 0.2) is 0 Å². The number of hydrogen-bond donors (Lipinski definition) is 2. The molecule has 2 aromatic rings. The topological polar surface area (TPSA) is 112 Å². The Kier molecular flexibility index (Phi) is 6.82. The monoisotopic (exact) mass is 383 g/mol. The smallest absolute Gasteiger partial charge is 0.341 e. The lowest BCUT2D eigenvalue weighted by molar-refractivity contribution is -0.113. The van der Waals surface area contributed by atoms with E-state index < -0.39 is 5.97 Å². The van der Waals surface area contributed by atoms with Crippen molar-refractivity contribution in [1.82, 2.24) is 14.9 Å². The van der Waals surface area contributed by atoms with Gasteiger partial charge in [-0.05, 0) is 30.2 Å². The molecule has 0 unspecified atom stereocenters. The van der Waals surface area contributed by atoms with Gasteiger partial charge >= 0.3 is 5.97 Å². The number of esters is 1. The standard InChI is InChI=1S/C15H21N5O3S2/c1-4-23-14(22)12-10(5-9(2)3)6-24-13(12)18-11(21)7-25-15-19-17-8-20(15)16/h6,8-9H,4-5,7,16H2,1-3H3,(H,18,21). The molecule has 0 aromatic carbocycles. The highest BCUT2D eigenvalue weighted by Gasteiger charge is 2.22. The second-order valence-electron chi connectivity index (χ2n) is 5.64. The number of thiophene rings is 1. The molecular formula is C15H21N5O3S2. The number of hydrogen-bond acceptors (Lipinski definition) is 8. The summed E-state index contributed by atoms with van der Waals surface area (Å²) in [6, 6.07) is 0. The predicted octanol–water partition coefficient (Wildman–Crippen LogP) is 2.16. The van der Waals surface area contributed by atoms with Crippen molar-refractivity contribution >= 4 is 40.0 Å². The molecule has 2 aromatic heterocycles. The van der Waals surface area contributed by atoms with E-state index in [-0.39, 0.29) is 18.3 Å². The summed E-state index contributed by atoms with van der Waals surface area (Å²) in [5.41, 5.74) is 1.34. The summed E-state index contributed by atoms with van der Waals surface area (Å²) >= 11 is 2.49. The maximum Gasteiger partial charge on any atom is 0.341 e. The van der Waals surface area contributed by atoms with Crippen LogP contribution in [0.2, 0.25) is 0 Å². The molecule has 0 bridgehead atoms. The van der Waals surface area contributed by atoms with Gasteiger partial charge < -0.3 is 15.9 Å². The van der Waals surface area contributed by atoms with Crippen molar-refractivity contribution < 1.29 is 14.3 Å². The average Bonchev–Trinajstić information content (AvgIpc) is 3.11. The highest BCUT2D eigenvalue weighted by molar-refractivity contribution is 7.99. The van der Waals surface area contributed by atoms with Crippen molar-refractivity contribution in [3.05, 3.63) is 22.8 Å². The second-order valence-corrected chi connectivity index (χ2v) is 7.46. The fourth-order valence-corrected chi connectivity index (χ4v) is 3.74. The minimum Gasteiger partial charge on any atom is -0.462 e. The van der Waals surface area contributed by atoms with Gasteiger partial charge in [0, 0.05) is 0 Å². The molecule has 0 aliphatic carbocycles. The second kappa shape index (κ2) is 8.86. The van der Waals surface area contributed by atoms with Gasteiger partial charge in [-0.3, -0.25) is 4.79 Å². The first-order valence-electron chi connectivity index (χ1n) is 7.77. The molecule has 0 aliphatic heterocycles. The predicted molar refractivity (Wildman–Crippen MR) is 98.3 cm³/mol. The van der Waals surface area contributed by atoms with E-state index in [1.807, 2.05) is 5.38 Å². The minimum atomic E-state index is -0.413. The fourth-order valence-electron chi connectivity index (χ4n) is 2.13. The molecule has 136 valence electrons. The summed E-state index contributed by atoms with van der Waals surface area (Å²) in [6.07, 6.45) is 2.10. The van der Waals surface area contributed by atoms with Crippen molar-refractivity contribution in [2.45, 2.75) is 32.3 Å². The molecule has 0 atom stereocenters. The maximum absolute atomic E-state index is 12.3. The molecule has 3 N–H and O–H groups in total. The molecule has 0 saturated carbocycles. The van der Waals surface area contributed by atoms with Crippen LogP contribution in [0.1, 0.15) is 36.7 Å². The van der Waals surface area contributed by atoms with Gasteiger partial charge in [0.25, 0.3) is 0 Å². The van der Waals surface area contributed by atoms with E-state index in [0.717, 1.165) is 23.7 Å². The van der Waals surface area contributed by atoms with Gasteiger partial charge in [0.1, 0.15) is 11.3 Å². The van der Waals surface area contributed by atoms with Gasteiger partial charge in [0.05, 0.1) is 17.9 Å². The number of amides is 1. The number of carbonyl (C=O) groups excluding carboxylic acids is 2. The summed E-state index contributed by atoms with van der Waals surface area (Å²) in [4.78, 5) is 24.5. The van der Waals surface area contributed by atoms with Crippen LogP contribution in [0, 0.1) is 5.92 Å². The summed E-state index contributed by atoms with van der Waals surface area (Å²) in [5, 5.41) is 13.1. The molecule has 0 fully saturated rings. The van der Waals surface area contributed by atoms with E-state index in [0.29, 0.717) is 21.6 Å². The number of nitrogen functional groups attached to an aromatic ring is 1. The molecule has 2 rings (SSSR count). The molecule has 8 nitrogen and oxygen atoms in total. The lowest BCUT2D eigenvalue weighted by atomic mass is 10.0. The zero-order chi connectivity index (χ0) is 18.4. The zero-order valence-electron chi connectivity index (χ0n) is 14.3. The number of nitrogens with one attached hydrogen (secondary N) is 1.